The summed E-state index contributed by atoms with van der Waals surface area (Å²) in [7, 11) is 0. The molecule has 112 valence electrons. The number of nitrogens with one attached hydrogen (secondary N) is 1. The van der Waals surface area contributed by atoms with Crippen molar-refractivity contribution in [3.63, 3.8) is 0 Å². The van der Waals surface area contributed by atoms with Crippen LogP contribution in [0.15, 0.2) is 6.07 Å². The maximum absolute atomic E-state index is 11.2. The number of anilines is 2. The van der Waals surface area contributed by atoms with Gasteiger partial charge in [0, 0.05) is 19.2 Å². The zero-order valence-corrected chi connectivity index (χ0v) is 12.8. The van der Waals surface area contributed by atoms with E-state index >= 15 is 0 Å². The number of hydrogen-bond donors (Lipinski definition) is 2. The Morgan fingerprint density at radius 1 is 1.45 bits per heavy atom. The van der Waals surface area contributed by atoms with E-state index in [1.54, 1.807) is 0 Å². The van der Waals surface area contributed by atoms with Crippen molar-refractivity contribution in [2.24, 2.45) is 11.7 Å². The number of carbonyl (C=O) groups excluding carboxylic acids is 1. The lowest BCUT2D eigenvalue weighted by Gasteiger charge is -2.24. The molecule has 20 heavy (non-hydrogen) atoms. The third-order valence-electron chi connectivity index (χ3n) is 2.64. The Labute approximate surface area is 120 Å². The summed E-state index contributed by atoms with van der Waals surface area (Å²) in [6.07, 6.45) is 1.02. The van der Waals surface area contributed by atoms with Gasteiger partial charge < -0.3 is 16.0 Å². The molecule has 0 saturated heterocycles. The molecule has 0 spiro atoms. The molecule has 1 aromatic heterocycles. The number of nitrogens with zero attached hydrogens (tertiary/aromatic N) is 3. The second-order valence-corrected chi connectivity index (χ2v) is 5.33. The van der Waals surface area contributed by atoms with Crippen molar-refractivity contribution in [3.05, 3.63) is 11.9 Å². The molecule has 3 N–H and O–H groups in total. The maximum atomic E-state index is 11.2. The van der Waals surface area contributed by atoms with E-state index in [1.807, 2.05) is 17.9 Å². The minimum Gasteiger partial charge on any atom is -0.370 e. The SMILES string of the molecule is CCCNc1cc(N(CC(N)=O)CC(C)C)nc(C)n1. The zero-order chi connectivity index (χ0) is 15.1. The quantitative estimate of drug-likeness (QED) is 0.754. The van der Waals surface area contributed by atoms with E-state index in [9.17, 15) is 4.79 Å². The standard InChI is InChI=1S/C14H25N5O/c1-5-6-16-13-7-14(18-11(4)17-13)19(8-10(2)3)9-12(15)20/h7,10H,5-6,8-9H2,1-4H3,(H2,15,20)(H,16,17,18). The smallest absolute Gasteiger partial charge is 0.236 e. The summed E-state index contributed by atoms with van der Waals surface area (Å²) in [6.45, 7) is 9.89. The van der Waals surface area contributed by atoms with Gasteiger partial charge in [-0.2, -0.15) is 0 Å². The monoisotopic (exact) mass is 279 g/mol. The second kappa shape index (κ2) is 7.67. The van der Waals surface area contributed by atoms with Gasteiger partial charge in [-0.1, -0.05) is 20.8 Å². The second-order valence-electron chi connectivity index (χ2n) is 5.33. The number of primary amides is 1. The molecule has 0 aliphatic heterocycles. The Morgan fingerprint density at radius 2 is 2.15 bits per heavy atom. The molecule has 0 bridgehead atoms. The highest BCUT2D eigenvalue weighted by Crippen LogP contribution is 2.17. The number of aryl methyl sites for hydroxylation is 1. The van der Waals surface area contributed by atoms with Crippen LogP contribution in [0.25, 0.3) is 0 Å². The molecule has 1 amide bonds. The van der Waals surface area contributed by atoms with E-state index < -0.39 is 0 Å². The zero-order valence-electron chi connectivity index (χ0n) is 12.8. The first-order chi connectivity index (χ1) is 9.42. The molecule has 0 aliphatic rings. The largest absolute Gasteiger partial charge is 0.370 e. The minimum absolute atomic E-state index is 0.169. The fraction of sp³-hybridized carbons (Fsp3) is 0.643. The molecule has 0 radical (unpaired) electrons. The molecular formula is C14H25N5O. The van der Waals surface area contributed by atoms with Crippen LogP contribution < -0.4 is 16.0 Å². The Bertz CT molecular complexity index is 447. The predicted octanol–water partition coefficient (Wildman–Crippen LogP) is 1.55. The first-order valence-electron chi connectivity index (χ1n) is 7.05. The molecule has 0 saturated carbocycles. The number of amides is 1. The third kappa shape index (κ3) is 5.42. The summed E-state index contributed by atoms with van der Waals surface area (Å²) in [4.78, 5) is 21.9. The lowest BCUT2D eigenvalue weighted by atomic mass is 10.2. The van der Waals surface area contributed by atoms with E-state index in [-0.39, 0.29) is 12.5 Å². The molecule has 6 heteroatoms. The molecule has 0 atom stereocenters. The van der Waals surface area contributed by atoms with Crippen LogP contribution >= 0.6 is 0 Å². The van der Waals surface area contributed by atoms with Crippen molar-refractivity contribution >= 4 is 17.5 Å². The van der Waals surface area contributed by atoms with E-state index in [1.165, 1.54) is 0 Å². The molecule has 0 aliphatic carbocycles. The van der Waals surface area contributed by atoms with Gasteiger partial charge in [-0.3, -0.25) is 4.79 Å². The Hall–Kier alpha value is -1.85. The average molecular weight is 279 g/mol. The van der Waals surface area contributed by atoms with Crippen molar-refractivity contribution in [3.8, 4) is 0 Å². The first kappa shape index (κ1) is 16.2. The Balaban J connectivity index is 2.98. The summed E-state index contributed by atoms with van der Waals surface area (Å²) in [6, 6.07) is 1.87. The van der Waals surface area contributed by atoms with Crippen LogP contribution in [0, 0.1) is 12.8 Å². The van der Waals surface area contributed by atoms with Crippen LogP contribution in [0.3, 0.4) is 0 Å². The Morgan fingerprint density at radius 3 is 2.70 bits per heavy atom. The molecule has 0 unspecified atom stereocenters. The van der Waals surface area contributed by atoms with Gasteiger partial charge in [-0.25, -0.2) is 9.97 Å². The van der Waals surface area contributed by atoms with Gasteiger partial charge in [-0.15, -0.1) is 0 Å². The minimum atomic E-state index is -0.356. The number of carbonyl (C=O) groups is 1. The normalized spacial score (nSPS) is 10.7. The topological polar surface area (TPSA) is 84.1 Å². The van der Waals surface area contributed by atoms with Gasteiger partial charge in [0.15, 0.2) is 0 Å². The number of rotatable bonds is 8. The van der Waals surface area contributed by atoms with Gasteiger partial charge in [-0.05, 0) is 19.3 Å². The van der Waals surface area contributed by atoms with E-state index in [0.29, 0.717) is 11.7 Å². The maximum Gasteiger partial charge on any atom is 0.236 e. The number of nitrogens with two attached hydrogens (primary N) is 1. The van der Waals surface area contributed by atoms with Crippen LogP contribution in [0.2, 0.25) is 0 Å². The average Bonchev–Trinajstić information content (AvgIpc) is 2.33. The van der Waals surface area contributed by atoms with E-state index in [2.05, 4.69) is 36.1 Å². The summed E-state index contributed by atoms with van der Waals surface area (Å²) in [5.74, 6) is 2.26. The highest BCUT2D eigenvalue weighted by molar-refractivity contribution is 5.79. The van der Waals surface area contributed by atoms with Crippen LogP contribution in [0.5, 0.6) is 0 Å². The summed E-state index contributed by atoms with van der Waals surface area (Å²) < 4.78 is 0. The van der Waals surface area contributed by atoms with Crippen molar-refractivity contribution in [2.45, 2.75) is 34.1 Å². The van der Waals surface area contributed by atoms with Gasteiger partial charge in [0.1, 0.15) is 17.5 Å². The molecule has 1 aromatic rings. The highest BCUT2D eigenvalue weighted by atomic mass is 16.1. The van der Waals surface area contributed by atoms with Crippen LogP contribution in [-0.2, 0) is 4.79 Å². The molecule has 1 rings (SSSR count). The molecular weight excluding hydrogens is 254 g/mol. The van der Waals surface area contributed by atoms with E-state index in [4.69, 9.17) is 5.73 Å². The molecule has 1 heterocycles. The summed E-state index contributed by atoms with van der Waals surface area (Å²) >= 11 is 0. The Kier molecular flexibility index (Phi) is 6.21. The van der Waals surface area contributed by atoms with Crippen LogP contribution in [0.4, 0.5) is 11.6 Å². The first-order valence-corrected chi connectivity index (χ1v) is 7.05. The lowest BCUT2D eigenvalue weighted by Crippen LogP contribution is -2.37. The van der Waals surface area contributed by atoms with Crippen LogP contribution in [-0.4, -0.2) is 35.5 Å². The van der Waals surface area contributed by atoms with E-state index in [0.717, 1.165) is 31.1 Å². The van der Waals surface area contributed by atoms with Crippen molar-refractivity contribution in [2.75, 3.05) is 29.9 Å². The molecule has 0 aromatic carbocycles. The molecule has 0 fully saturated rings. The fourth-order valence-corrected chi connectivity index (χ4v) is 1.93. The fourth-order valence-electron chi connectivity index (χ4n) is 1.93. The summed E-state index contributed by atoms with van der Waals surface area (Å²) in [5.41, 5.74) is 5.32. The van der Waals surface area contributed by atoms with Crippen molar-refractivity contribution in [1.29, 1.82) is 0 Å². The van der Waals surface area contributed by atoms with Crippen molar-refractivity contribution in [1.82, 2.24) is 9.97 Å². The van der Waals surface area contributed by atoms with Crippen LogP contribution in [0.1, 0.15) is 33.0 Å². The third-order valence-corrected chi connectivity index (χ3v) is 2.64. The summed E-state index contributed by atoms with van der Waals surface area (Å²) in [5, 5.41) is 3.24. The van der Waals surface area contributed by atoms with Crippen molar-refractivity contribution < 1.29 is 4.79 Å². The van der Waals surface area contributed by atoms with Gasteiger partial charge >= 0.3 is 0 Å². The van der Waals surface area contributed by atoms with Gasteiger partial charge in [0.2, 0.25) is 5.91 Å². The predicted molar refractivity (Wildman–Crippen MR) is 81.8 cm³/mol. The molecule has 6 nitrogen and oxygen atoms in total. The highest BCUT2D eigenvalue weighted by Gasteiger charge is 2.14. The van der Waals surface area contributed by atoms with Gasteiger partial charge in [0.25, 0.3) is 0 Å². The number of aromatic nitrogens is 2. The van der Waals surface area contributed by atoms with Gasteiger partial charge in [0.05, 0.1) is 6.54 Å². The lowest BCUT2D eigenvalue weighted by molar-refractivity contribution is -0.116. The number of hydrogen-bond acceptors (Lipinski definition) is 5.